The topological polar surface area (TPSA) is 52.8 Å². The van der Waals surface area contributed by atoms with E-state index in [-0.39, 0.29) is 6.61 Å². The lowest BCUT2D eigenvalue weighted by molar-refractivity contribution is 0.0928. The molecule has 0 saturated heterocycles. The fourth-order valence-corrected chi connectivity index (χ4v) is 3.21. The summed E-state index contributed by atoms with van der Waals surface area (Å²) in [5.41, 5.74) is 5.34. The summed E-state index contributed by atoms with van der Waals surface area (Å²) in [6.45, 7) is 3.90. The molecular formula is C22H20N2O3. The Hall–Kier alpha value is -3.34. The highest BCUT2D eigenvalue weighted by Crippen LogP contribution is 2.26. The molecule has 2 heterocycles. The van der Waals surface area contributed by atoms with E-state index in [9.17, 15) is 4.79 Å². The number of hydrogen-bond donors (Lipinski definition) is 0. The van der Waals surface area contributed by atoms with Gasteiger partial charge >= 0.3 is 6.16 Å². The minimum Gasteiger partial charge on any atom is -0.429 e. The van der Waals surface area contributed by atoms with Crippen molar-refractivity contribution in [2.45, 2.75) is 20.1 Å². The molecule has 2 aromatic carbocycles. The van der Waals surface area contributed by atoms with Gasteiger partial charge in [0.15, 0.2) is 0 Å². The van der Waals surface area contributed by atoms with Crippen molar-refractivity contribution >= 4 is 11.9 Å². The van der Waals surface area contributed by atoms with E-state index in [0.717, 1.165) is 41.3 Å². The third kappa shape index (κ3) is 3.77. The number of benzene rings is 2. The maximum absolute atomic E-state index is 11.9. The van der Waals surface area contributed by atoms with Crippen LogP contribution in [0.3, 0.4) is 0 Å². The first kappa shape index (κ1) is 17.1. The third-order valence-corrected chi connectivity index (χ3v) is 4.57. The number of carbonyl (C=O) groups is 1. The van der Waals surface area contributed by atoms with Crippen LogP contribution in [0.2, 0.25) is 0 Å². The summed E-state index contributed by atoms with van der Waals surface area (Å²) in [7, 11) is 0. The normalized spacial score (nSPS) is 12.9. The molecular weight excluding hydrogens is 340 g/mol. The Bertz CT molecular complexity index is 973. The number of rotatable bonds is 4. The lowest BCUT2D eigenvalue weighted by Crippen LogP contribution is -2.16. The predicted octanol–water partition coefficient (Wildman–Crippen LogP) is 4.69. The van der Waals surface area contributed by atoms with E-state index in [1.54, 1.807) is 12.1 Å². The van der Waals surface area contributed by atoms with Crippen LogP contribution in [0.15, 0.2) is 71.7 Å². The van der Waals surface area contributed by atoms with Crippen LogP contribution in [0.25, 0.3) is 11.3 Å². The average molecular weight is 360 g/mol. The van der Waals surface area contributed by atoms with Gasteiger partial charge in [-0.2, -0.15) is 0 Å². The Balaban J connectivity index is 1.41. The minimum absolute atomic E-state index is 0.189. The van der Waals surface area contributed by atoms with Gasteiger partial charge in [0, 0.05) is 12.2 Å². The Labute approximate surface area is 157 Å². The molecule has 0 bridgehead atoms. The van der Waals surface area contributed by atoms with Gasteiger partial charge in [-0.25, -0.2) is 4.79 Å². The number of aromatic nitrogens is 1. The highest BCUT2D eigenvalue weighted by atomic mass is 16.7. The first-order valence-corrected chi connectivity index (χ1v) is 8.90. The van der Waals surface area contributed by atoms with Crippen molar-refractivity contribution in [3.63, 3.8) is 0 Å². The summed E-state index contributed by atoms with van der Waals surface area (Å²) in [6, 6.07) is 21.2. The molecule has 0 radical (unpaired) electrons. The highest BCUT2D eigenvalue weighted by Gasteiger charge is 2.15. The first-order valence-electron chi connectivity index (χ1n) is 8.90. The molecule has 0 atom stereocenters. The largest absolute Gasteiger partial charge is 0.514 e. The van der Waals surface area contributed by atoms with E-state index in [1.165, 1.54) is 0 Å². The van der Waals surface area contributed by atoms with Crippen LogP contribution < -0.4 is 4.74 Å². The lowest BCUT2D eigenvalue weighted by atomic mass is 10.1. The Morgan fingerprint density at radius 3 is 2.52 bits per heavy atom. The molecule has 136 valence electrons. The van der Waals surface area contributed by atoms with E-state index in [4.69, 9.17) is 9.47 Å². The van der Waals surface area contributed by atoms with Crippen molar-refractivity contribution in [3.8, 4) is 17.0 Å². The van der Waals surface area contributed by atoms with E-state index in [1.807, 2.05) is 49.4 Å². The summed E-state index contributed by atoms with van der Waals surface area (Å²) >= 11 is 0. The molecule has 0 spiro atoms. The van der Waals surface area contributed by atoms with E-state index >= 15 is 0 Å². The van der Waals surface area contributed by atoms with Crippen LogP contribution in [0.4, 0.5) is 4.79 Å². The van der Waals surface area contributed by atoms with Gasteiger partial charge in [-0.1, -0.05) is 30.3 Å². The molecule has 0 N–H and O–H groups in total. The van der Waals surface area contributed by atoms with Gasteiger partial charge in [-0.15, -0.1) is 0 Å². The molecule has 0 aliphatic carbocycles. The number of aliphatic imine (C=N–C) groups is 1. The Morgan fingerprint density at radius 2 is 1.74 bits per heavy atom. The maximum atomic E-state index is 11.9. The lowest BCUT2D eigenvalue weighted by Gasteiger charge is -2.17. The zero-order chi connectivity index (χ0) is 18.6. The fourth-order valence-electron chi connectivity index (χ4n) is 3.21. The smallest absolute Gasteiger partial charge is 0.429 e. The van der Waals surface area contributed by atoms with Gasteiger partial charge < -0.3 is 14.0 Å². The Kier molecular flexibility index (Phi) is 4.75. The summed E-state index contributed by atoms with van der Waals surface area (Å²) in [5.74, 6) is 0.458. The van der Waals surface area contributed by atoms with Crippen LogP contribution in [-0.4, -0.2) is 23.0 Å². The van der Waals surface area contributed by atoms with Gasteiger partial charge in [0.25, 0.3) is 0 Å². The summed E-state index contributed by atoms with van der Waals surface area (Å²) in [6.07, 6.45) is -0.710. The molecule has 3 aromatic rings. The van der Waals surface area contributed by atoms with Crippen molar-refractivity contribution in [2.75, 3.05) is 6.54 Å². The first-order chi connectivity index (χ1) is 13.2. The molecule has 1 aliphatic rings. The molecule has 1 aromatic heterocycles. The SMILES string of the molecule is CC1=NCCn2c1ccc2-c1ccc(OC(=O)OCc2ccccc2)cc1. The monoisotopic (exact) mass is 360 g/mol. The predicted molar refractivity (Wildman–Crippen MR) is 104 cm³/mol. The molecule has 0 fully saturated rings. The van der Waals surface area contributed by atoms with Gasteiger partial charge in [0.05, 0.1) is 18.0 Å². The molecule has 1 aliphatic heterocycles. The standard InChI is InChI=1S/C22H20N2O3/c1-16-20-11-12-21(24(20)14-13-23-16)18-7-9-19(10-8-18)27-22(25)26-15-17-5-3-2-4-6-17/h2-12H,13-15H2,1H3. The fraction of sp³-hybridized carbons (Fsp3) is 0.182. The zero-order valence-electron chi connectivity index (χ0n) is 15.1. The maximum Gasteiger partial charge on any atom is 0.514 e. The quantitative estimate of drug-likeness (QED) is 0.501. The summed E-state index contributed by atoms with van der Waals surface area (Å²) in [4.78, 5) is 16.4. The van der Waals surface area contributed by atoms with E-state index in [0.29, 0.717) is 5.75 Å². The van der Waals surface area contributed by atoms with Gasteiger partial charge in [-0.3, -0.25) is 4.99 Å². The molecule has 5 nitrogen and oxygen atoms in total. The molecule has 0 unspecified atom stereocenters. The van der Waals surface area contributed by atoms with E-state index < -0.39 is 6.16 Å². The number of carbonyl (C=O) groups excluding carboxylic acids is 1. The number of ether oxygens (including phenoxy) is 2. The second-order valence-electron chi connectivity index (χ2n) is 6.37. The van der Waals surface area contributed by atoms with Gasteiger partial charge in [0.1, 0.15) is 12.4 Å². The number of nitrogens with zero attached hydrogens (tertiary/aromatic N) is 2. The van der Waals surface area contributed by atoms with Crippen LogP contribution in [0.5, 0.6) is 5.75 Å². The molecule has 4 rings (SSSR count). The average Bonchev–Trinajstić information content (AvgIpc) is 3.13. The van der Waals surface area contributed by atoms with E-state index in [2.05, 4.69) is 21.7 Å². The molecule has 27 heavy (non-hydrogen) atoms. The highest BCUT2D eigenvalue weighted by molar-refractivity contribution is 5.98. The van der Waals surface area contributed by atoms with Crippen molar-refractivity contribution in [2.24, 2.45) is 4.99 Å². The van der Waals surface area contributed by atoms with Crippen molar-refractivity contribution in [1.82, 2.24) is 4.57 Å². The second-order valence-corrected chi connectivity index (χ2v) is 6.37. The summed E-state index contributed by atoms with van der Waals surface area (Å²) in [5, 5.41) is 0. The van der Waals surface area contributed by atoms with Crippen molar-refractivity contribution in [3.05, 3.63) is 78.0 Å². The minimum atomic E-state index is -0.710. The Morgan fingerprint density at radius 1 is 1.00 bits per heavy atom. The molecule has 5 heteroatoms. The number of fused-ring (bicyclic) bond motifs is 1. The van der Waals surface area contributed by atoms with Gasteiger partial charge in [-0.05, 0) is 54.4 Å². The van der Waals surface area contributed by atoms with Crippen LogP contribution in [0, 0.1) is 0 Å². The third-order valence-electron chi connectivity index (χ3n) is 4.57. The second kappa shape index (κ2) is 7.50. The number of hydrogen-bond acceptors (Lipinski definition) is 4. The van der Waals surface area contributed by atoms with Crippen LogP contribution in [0.1, 0.15) is 18.2 Å². The molecule has 0 amide bonds. The van der Waals surface area contributed by atoms with Gasteiger partial charge in [0.2, 0.25) is 0 Å². The zero-order valence-corrected chi connectivity index (χ0v) is 15.1. The van der Waals surface area contributed by atoms with Crippen molar-refractivity contribution in [1.29, 1.82) is 0 Å². The summed E-state index contributed by atoms with van der Waals surface area (Å²) < 4.78 is 12.7. The van der Waals surface area contributed by atoms with Crippen molar-refractivity contribution < 1.29 is 14.3 Å². The van der Waals surface area contributed by atoms with Crippen LogP contribution >= 0.6 is 0 Å². The van der Waals surface area contributed by atoms with Crippen LogP contribution in [-0.2, 0) is 17.9 Å². The molecule has 0 saturated carbocycles.